The fourth-order valence-corrected chi connectivity index (χ4v) is 4.05. The van der Waals surface area contributed by atoms with Crippen molar-refractivity contribution in [2.24, 2.45) is 16.8 Å². The number of hydrogen-bond donors (Lipinski definition) is 3. The summed E-state index contributed by atoms with van der Waals surface area (Å²) in [7, 11) is 0. The number of guanidine groups is 1. The van der Waals surface area contributed by atoms with Crippen LogP contribution in [-0.4, -0.2) is 61.4 Å². The van der Waals surface area contributed by atoms with E-state index in [9.17, 15) is 9.59 Å². The number of likely N-dealkylation sites (tertiary alicyclic amines) is 1. The SMILES string of the molecule is CCNC(=NCCNC(=O)CC1CCCCC1)NC1CCN(C(=O)C(C)C)C1.I. The second kappa shape index (κ2) is 14.0. The average molecular weight is 521 g/mol. The first kappa shape index (κ1) is 26.0. The molecular formula is C21H40IN5O2. The van der Waals surface area contributed by atoms with Crippen molar-refractivity contribution in [2.75, 3.05) is 32.7 Å². The van der Waals surface area contributed by atoms with Crippen LogP contribution in [0.25, 0.3) is 0 Å². The number of nitrogens with zero attached hydrogens (tertiary/aromatic N) is 2. The molecule has 7 nitrogen and oxygen atoms in total. The Kier molecular flexibility index (Phi) is 12.6. The summed E-state index contributed by atoms with van der Waals surface area (Å²) in [5.74, 6) is 1.73. The number of carbonyl (C=O) groups excluding carboxylic acids is 2. The van der Waals surface area contributed by atoms with Gasteiger partial charge >= 0.3 is 0 Å². The number of carbonyl (C=O) groups is 2. The van der Waals surface area contributed by atoms with E-state index in [2.05, 4.69) is 20.9 Å². The molecule has 3 N–H and O–H groups in total. The zero-order chi connectivity index (χ0) is 20.4. The van der Waals surface area contributed by atoms with Crippen molar-refractivity contribution in [1.82, 2.24) is 20.9 Å². The third-order valence-corrected chi connectivity index (χ3v) is 5.58. The number of rotatable bonds is 8. The fraction of sp³-hybridized carbons (Fsp3) is 0.857. The molecule has 8 heteroatoms. The molecule has 0 aromatic carbocycles. The smallest absolute Gasteiger partial charge is 0.225 e. The molecule has 168 valence electrons. The van der Waals surface area contributed by atoms with Crippen molar-refractivity contribution in [2.45, 2.75) is 71.8 Å². The molecule has 1 aliphatic carbocycles. The minimum absolute atomic E-state index is 0. The Labute approximate surface area is 193 Å². The van der Waals surface area contributed by atoms with Gasteiger partial charge in [-0.3, -0.25) is 14.6 Å². The molecule has 1 saturated carbocycles. The van der Waals surface area contributed by atoms with Gasteiger partial charge in [0.25, 0.3) is 0 Å². The molecule has 1 heterocycles. The standard InChI is InChI=1S/C21H39N5O2.HI/c1-4-22-21(25-18-10-13-26(15-18)20(28)16(2)3)24-12-11-23-19(27)14-17-8-6-5-7-9-17;/h16-18H,4-15H2,1-3H3,(H,23,27)(H2,22,24,25);1H. The van der Waals surface area contributed by atoms with Gasteiger partial charge in [0.15, 0.2) is 5.96 Å². The molecule has 1 atom stereocenters. The van der Waals surface area contributed by atoms with Gasteiger partial charge < -0.3 is 20.9 Å². The molecule has 2 aliphatic rings. The van der Waals surface area contributed by atoms with E-state index in [1.807, 2.05) is 25.7 Å². The molecule has 2 fully saturated rings. The Morgan fingerprint density at radius 2 is 1.83 bits per heavy atom. The molecule has 2 amide bonds. The van der Waals surface area contributed by atoms with Crippen LogP contribution in [0.3, 0.4) is 0 Å². The second-order valence-electron chi connectivity index (χ2n) is 8.39. The van der Waals surface area contributed by atoms with Gasteiger partial charge in [-0.25, -0.2) is 0 Å². The van der Waals surface area contributed by atoms with E-state index in [0.717, 1.165) is 32.0 Å². The quantitative estimate of drug-likeness (QED) is 0.198. The summed E-state index contributed by atoms with van der Waals surface area (Å²) in [6, 6.07) is 0.224. The first-order valence-corrected chi connectivity index (χ1v) is 11.1. The summed E-state index contributed by atoms with van der Waals surface area (Å²) < 4.78 is 0. The van der Waals surface area contributed by atoms with Crippen molar-refractivity contribution in [3.8, 4) is 0 Å². The van der Waals surface area contributed by atoms with E-state index in [1.54, 1.807) is 0 Å². The van der Waals surface area contributed by atoms with Crippen LogP contribution in [0.2, 0.25) is 0 Å². The predicted molar refractivity (Wildman–Crippen MR) is 129 cm³/mol. The largest absolute Gasteiger partial charge is 0.357 e. The van der Waals surface area contributed by atoms with Crippen LogP contribution in [0, 0.1) is 11.8 Å². The van der Waals surface area contributed by atoms with E-state index in [4.69, 9.17) is 0 Å². The van der Waals surface area contributed by atoms with Gasteiger partial charge in [-0.1, -0.05) is 33.1 Å². The lowest BCUT2D eigenvalue weighted by molar-refractivity contribution is -0.133. The van der Waals surface area contributed by atoms with E-state index in [0.29, 0.717) is 25.4 Å². The lowest BCUT2D eigenvalue weighted by Crippen LogP contribution is -2.45. The summed E-state index contributed by atoms with van der Waals surface area (Å²) in [5, 5.41) is 9.68. The van der Waals surface area contributed by atoms with Crippen molar-refractivity contribution < 1.29 is 9.59 Å². The van der Waals surface area contributed by atoms with E-state index in [-0.39, 0.29) is 47.8 Å². The number of aliphatic imine (C=N–C) groups is 1. The maximum absolute atomic E-state index is 12.1. The highest BCUT2D eigenvalue weighted by molar-refractivity contribution is 14.0. The number of amides is 2. The second-order valence-corrected chi connectivity index (χ2v) is 8.39. The summed E-state index contributed by atoms with van der Waals surface area (Å²) in [5.41, 5.74) is 0. The zero-order valence-corrected chi connectivity index (χ0v) is 20.7. The van der Waals surface area contributed by atoms with Gasteiger partial charge in [0.1, 0.15) is 0 Å². The van der Waals surface area contributed by atoms with E-state index >= 15 is 0 Å². The minimum atomic E-state index is 0. The Hall–Kier alpha value is -1.06. The van der Waals surface area contributed by atoms with Crippen molar-refractivity contribution in [1.29, 1.82) is 0 Å². The van der Waals surface area contributed by atoms with Crippen LogP contribution >= 0.6 is 24.0 Å². The van der Waals surface area contributed by atoms with E-state index < -0.39 is 0 Å². The van der Waals surface area contributed by atoms with Crippen molar-refractivity contribution in [3.63, 3.8) is 0 Å². The third kappa shape index (κ3) is 9.53. The highest BCUT2D eigenvalue weighted by Gasteiger charge is 2.27. The first-order chi connectivity index (χ1) is 13.5. The van der Waals surface area contributed by atoms with Gasteiger partial charge in [-0.2, -0.15) is 0 Å². The Morgan fingerprint density at radius 3 is 2.48 bits per heavy atom. The Bertz CT molecular complexity index is 535. The molecule has 0 spiro atoms. The van der Waals surface area contributed by atoms with Gasteiger partial charge in [-0.05, 0) is 32.1 Å². The van der Waals surface area contributed by atoms with Crippen LogP contribution in [0.5, 0.6) is 0 Å². The molecule has 0 aromatic rings. The molecular weight excluding hydrogens is 481 g/mol. The molecule has 29 heavy (non-hydrogen) atoms. The molecule has 0 aromatic heterocycles. The molecule has 0 radical (unpaired) electrons. The summed E-state index contributed by atoms with van der Waals surface area (Å²) >= 11 is 0. The van der Waals surface area contributed by atoms with Crippen LogP contribution in [0.15, 0.2) is 4.99 Å². The molecule has 1 aliphatic heterocycles. The van der Waals surface area contributed by atoms with Crippen molar-refractivity contribution in [3.05, 3.63) is 0 Å². The van der Waals surface area contributed by atoms with E-state index in [1.165, 1.54) is 32.1 Å². The molecule has 1 saturated heterocycles. The minimum Gasteiger partial charge on any atom is -0.357 e. The summed E-state index contributed by atoms with van der Waals surface area (Å²) in [6.07, 6.45) is 7.82. The highest BCUT2D eigenvalue weighted by Crippen LogP contribution is 2.25. The van der Waals surface area contributed by atoms with Gasteiger partial charge in [-0.15, -0.1) is 24.0 Å². The normalized spacial score (nSPS) is 20.3. The zero-order valence-electron chi connectivity index (χ0n) is 18.3. The monoisotopic (exact) mass is 521 g/mol. The Balaban J connectivity index is 0.00000420. The lowest BCUT2D eigenvalue weighted by atomic mass is 9.87. The maximum Gasteiger partial charge on any atom is 0.225 e. The fourth-order valence-electron chi connectivity index (χ4n) is 4.05. The van der Waals surface area contributed by atoms with Gasteiger partial charge in [0.05, 0.1) is 6.54 Å². The van der Waals surface area contributed by atoms with Gasteiger partial charge in [0, 0.05) is 44.6 Å². The molecule has 0 bridgehead atoms. The lowest BCUT2D eigenvalue weighted by Gasteiger charge is -2.21. The molecule has 2 rings (SSSR count). The highest BCUT2D eigenvalue weighted by atomic mass is 127. The summed E-state index contributed by atoms with van der Waals surface area (Å²) in [6.45, 7) is 9.32. The third-order valence-electron chi connectivity index (χ3n) is 5.58. The maximum atomic E-state index is 12.1. The first-order valence-electron chi connectivity index (χ1n) is 11.1. The van der Waals surface area contributed by atoms with Crippen LogP contribution in [0.1, 0.15) is 65.7 Å². The number of halogens is 1. The van der Waals surface area contributed by atoms with Gasteiger partial charge in [0.2, 0.25) is 11.8 Å². The number of hydrogen-bond acceptors (Lipinski definition) is 3. The van der Waals surface area contributed by atoms with Crippen molar-refractivity contribution >= 4 is 41.8 Å². The van der Waals surface area contributed by atoms with Crippen LogP contribution in [0.4, 0.5) is 0 Å². The molecule has 1 unspecified atom stereocenters. The predicted octanol–water partition coefficient (Wildman–Crippen LogP) is 2.50. The Morgan fingerprint density at radius 1 is 1.10 bits per heavy atom. The van der Waals surface area contributed by atoms with Crippen LogP contribution < -0.4 is 16.0 Å². The average Bonchev–Trinajstić information content (AvgIpc) is 3.13. The number of nitrogens with one attached hydrogen (secondary N) is 3. The van der Waals surface area contributed by atoms with Crippen LogP contribution in [-0.2, 0) is 9.59 Å². The summed E-state index contributed by atoms with van der Waals surface area (Å²) in [4.78, 5) is 30.7. The topological polar surface area (TPSA) is 85.8 Å².